The van der Waals surface area contributed by atoms with Crippen molar-refractivity contribution in [2.24, 2.45) is 0 Å². The molecule has 6 rings (SSSR count). The standard InChI is InChI=1S/C29H23N/c1-3-20-26-18-17-25-23-15-8-7-13-21(23)22-14-9-10-16-24(22)28(25)29(26)30(27(20)4-2)19-11-5-6-12-19/h3-5,7-11,13-19H,1-2,6,12H2. The minimum Gasteiger partial charge on any atom is -0.333 e. The summed E-state index contributed by atoms with van der Waals surface area (Å²) in [5, 5.41) is 9.14. The van der Waals surface area contributed by atoms with E-state index in [9.17, 15) is 0 Å². The Morgan fingerprint density at radius 1 is 0.733 bits per heavy atom. The number of hydrogen-bond acceptors (Lipinski definition) is 0. The van der Waals surface area contributed by atoms with Gasteiger partial charge in [-0.15, -0.1) is 0 Å². The van der Waals surface area contributed by atoms with Gasteiger partial charge in [0.1, 0.15) is 0 Å². The number of aromatic nitrogens is 1. The summed E-state index contributed by atoms with van der Waals surface area (Å²) in [5.74, 6) is 0. The maximum Gasteiger partial charge on any atom is 0.0583 e. The van der Waals surface area contributed by atoms with Crippen LogP contribution in [0, 0.1) is 0 Å². The molecule has 1 heteroatoms. The van der Waals surface area contributed by atoms with Gasteiger partial charge in [0.15, 0.2) is 0 Å². The van der Waals surface area contributed by atoms with Crippen LogP contribution >= 0.6 is 0 Å². The molecule has 0 N–H and O–H groups in total. The highest BCUT2D eigenvalue weighted by Gasteiger charge is 2.23. The van der Waals surface area contributed by atoms with Gasteiger partial charge in [0.25, 0.3) is 0 Å². The summed E-state index contributed by atoms with van der Waals surface area (Å²) < 4.78 is 2.51. The summed E-state index contributed by atoms with van der Waals surface area (Å²) in [6, 6.07) is 22.5. The molecule has 1 aliphatic carbocycles. The zero-order valence-electron chi connectivity index (χ0n) is 16.9. The normalized spacial score (nSPS) is 16.2. The molecule has 5 aromatic rings. The Kier molecular flexibility index (Phi) is 3.73. The molecule has 4 aromatic carbocycles. The number of nitrogens with zero attached hydrogens (tertiary/aromatic N) is 1. The molecule has 30 heavy (non-hydrogen) atoms. The van der Waals surface area contributed by atoms with Crippen molar-refractivity contribution in [2.45, 2.75) is 18.9 Å². The lowest BCUT2D eigenvalue weighted by Gasteiger charge is -2.18. The fraction of sp³-hybridized carbons (Fsp3) is 0.103. The van der Waals surface area contributed by atoms with Crippen molar-refractivity contribution in [2.75, 3.05) is 0 Å². The Balaban J connectivity index is 1.96. The predicted molar refractivity (Wildman–Crippen MR) is 132 cm³/mol. The van der Waals surface area contributed by atoms with Gasteiger partial charge in [0.2, 0.25) is 0 Å². The molecule has 1 aromatic heterocycles. The zero-order valence-corrected chi connectivity index (χ0v) is 16.9. The van der Waals surface area contributed by atoms with E-state index in [2.05, 4.69) is 90.5 Å². The van der Waals surface area contributed by atoms with Gasteiger partial charge in [-0.1, -0.05) is 92.0 Å². The summed E-state index contributed by atoms with van der Waals surface area (Å²) in [7, 11) is 0. The molecule has 0 radical (unpaired) electrons. The quantitative estimate of drug-likeness (QED) is 0.217. The first-order valence-corrected chi connectivity index (χ1v) is 10.6. The Bertz CT molecular complexity index is 1490. The topological polar surface area (TPSA) is 4.93 Å². The third-order valence-electron chi connectivity index (χ3n) is 6.66. The third-order valence-corrected chi connectivity index (χ3v) is 6.66. The number of fused-ring (bicyclic) bond motifs is 8. The minimum atomic E-state index is 0.352. The van der Waals surface area contributed by atoms with Crippen LogP contribution in [-0.4, -0.2) is 4.57 Å². The SMILES string of the molecule is C=Cc1c(C=C)n(C2C=CCC2)c2c1ccc1c3ccccc3c3ccccc3c12. The van der Waals surface area contributed by atoms with Crippen molar-refractivity contribution in [1.29, 1.82) is 0 Å². The van der Waals surface area contributed by atoms with E-state index in [1.165, 1.54) is 54.5 Å². The summed E-state index contributed by atoms with van der Waals surface area (Å²) in [6.07, 6.45) is 10.9. The highest BCUT2D eigenvalue weighted by Crippen LogP contribution is 2.43. The van der Waals surface area contributed by atoms with Gasteiger partial charge in [-0.05, 0) is 45.8 Å². The molecule has 0 saturated heterocycles. The van der Waals surface area contributed by atoms with Crippen LogP contribution in [0.25, 0.3) is 55.4 Å². The maximum atomic E-state index is 4.17. The van der Waals surface area contributed by atoms with E-state index in [1.54, 1.807) is 0 Å². The van der Waals surface area contributed by atoms with Crippen LogP contribution in [0.4, 0.5) is 0 Å². The lowest BCUT2D eigenvalue weighted by atomic mass is 9.92. The number of rotatable bonds is 3. The van der Waals surface area contributed by atoms with Crippen LogP contribution in [-0.2, 0) is 0 Å². The first-order valence-electron chi connectivity index (χ1n) is 10.6. The molecule has 144 valence electrons. The van der Waals surface area contributed by atoms with Gasteiger partial charge >= 0.3 is 0 Å². The van der Waals surface area contributed by atoms with Crippen molar-refractivity contribution in [3.8, 4) is 0 Å². The summed E-state index contributed by atoms with van der Waals surface area (Å²) in [5.41, 5.74) is 3.65. The molecule has 0 spiro atoms. The van der Waals surface area contributed by atoms with Gasteiger partial charge in [-0.3, -0.25) is 0 Å². The number of benzene rings is 4. The number of hydrogen-bond donors (Lipinski definition) is 0. The zero-order chi connectivity index (χ0) is 20.2. The van der Waals surface area contributed by atoms with Crippen molar-refractivity contribution < 1.29 is 0 Å². The number of allylic oxidation sites excluding steroid dienone is 2. The van der Waals surface area contributed by atoms with E-state index >= 15 is 0 Å². The molecule has 0 amide bonds. The van der Waals surface area contributed by atoms with Crippen molar-refractivity contribution in [1.82, 2.24) is 4.57 Å². The second-order valence-electron chi connectivity index (χ2n) is 8.13. The van der Waals surface area contributed by atoms with Crippen molar-refractivity contribution in [3.63, 3.8) is 0 Å². The highest BCUT2D eigenvalue weighted by molar-refractivity contribution is 6.31. The molecule has 1 heterocycles. The van der Waals surface area contributed by atoms with Gasteiger partial charge < -0.3 is 4.57 Å². The Morgan fingerprint density at radius 2 is 1.33 bits per heavy atom. The van der Waals surface area contributed by atoms with E-state index in [4.69, 9.17) is 0 Å². The predicted octanol–water partition coefficient (Wildman–Crippen LogP) is 8.28. The summed E-state index contributed by atoms with van der Waals surface area (Å²) in [6.45, 7) is 8.31. The van der Waals surface area contributed by atoms with Crippen LogP contribution in [0.5, 0.6) is 0 Å². The smallest absolute Gasteiger partial charge is 0.0583 e. The molecule has 0 fully saturated rings. The van der Waals surface area contributed by atoms with Crippen LogP contribution in [0.2, 0.25) is 0 Å². The van der Waals surface area contributed by atoms with Crippen LogP contribution in [0.15, 0.2) is 86.0 Å². The Hall–Kier alpha value is -3.58. The largest absolute Gasteiger partial charge is 0.333 e. The van der Waals surface area contributed by atoms with Gasteiger partial charge in [-0.2, -0.15) is 0 Å². The van der Waals surface area contributed by atoms with E-state index in [0.717, 1.165) is 12.8 Å². The summed E-state index contributed by atoms with van der Waals surface area (Å²) in [4.78, 5) is 0. The molecule has 0 aliphatic heterocycles. The molecule has 1 aliphatic rings. The summed E-state index contributed by atoms with van der Waals surface area (Å²) >= 11 is 0. The molecular formula is C29H23N. The maximum absolute atomic E-state index is 4.17. The monoisotopic (exact) mass is 385 g/mol. The second-order valence-corrected chi connectivity index (χ2v) is 8.13. The Morgan fingerprint density at radius 3 is 1.93 bits per heavy atom. The van der Waals surface area contributed by atoms with E-state index < -0.39 is 0 Å². The Labute approximate surface area is 176 Å². The van der Waals surface area contributed by atoms with Crippen molar-refractivity contribution >= 4 is 55.4 Å². The first-order chi connectivity index (χ1) is 14.8. The molecule has 0 bridgehead atoms. The van der Waals surface area contributed by atoms with E-state index in [-0.39, 0.29) is 0 Å². The van der Waals surface area contributed by atoms with Gasteiger partial charge in [-0.25, -0.2) is 0 Å². The first kappa shape index (κ1) is 17.3. The van der Waals surface area contributed by atoms with E-state index in [0.29, 0.717) is 6.04 Å². The fourth-order valence-electron chi connectivity index (χ4n) is 5.43. The van der Waals surface area contributed by atoms with E-state index in [1.807, 2.05) is 12.2 Å². The minimum absolute atomic E-state index is 0.352. The molecule has 1 nitrogen and oxygen atoms in total. The molecular weight excluding hydrogens is 362 g/mol. The second kappa shape index (κ2) is 6.47. The average Bonchev–Trinajstić information content (AvgIpc) is 3.44. The van der Waals surface area contributed by atoms with Gasteiger partial charge in [0.05, 0.1) is 11.6 Å². The molecule has 1 atom stereocenters. The van der Waals surface area contributed by atoms with Gasteiger partial charge in [0, 0.05) is 22.0 Å². The van der Waals surface area contributed by atoms with Crippen molar-refractivity contribution in [3.05, 3.63) is 97.2 Å². The lowest BCUT2D eigenvalue weighted by Crippen LogP contribution is -2.06. The molecule has 1 unspecified atom stereocenters. The lowest BCUT2D eigenvalue weighted by molar-refractivity contribution is 0.607. The molecule has 0 saturated carbocycles. The van der Waals surface area contributed by atoms with Crippen LogP contribution < -0.4 is 0 Å². The highest BCUT2D eigenvalue weighted by atomic mass is 15.0. The average molecular weight is 386 g/mol. The van der Waals surface area contributed by atoms with Crippen LogP contribution in [0.1, 0.15) is 30.1 Å². The fourth-order valence-corrected chi connectivity index (χ4v) is 5.43. The third kappa shape index (κ3) is 2.18. The van der Waals surface area contributed by atoms with Crippen LogP contribution in [0.3, 0.4) is 0 Å².